The first kappa shape index (κ1) is 14.7. The van der Waals surface area contributed by atoms with Crippen LogP contribution in [0, 0.1) is 0 Å². The van der Waals surface area contributed by atoms with E-state index in [1.54, 1.807) is 43.4 Å². The summed E-state index contributed by atoms with van der Waals surface area (Å²) in [6, 6.07) is 9.99. The molecule has 0 aliphatic heterocycles. The monoisotopic (exact) mass is 354 g/mol. The summed E-state index contributed by atoms with van der Waals surface area (Å²) in [5.41, 5.74) is 6.66. The van der Waals surface area contributed by atoms with Crippen LogP contribution in [0.3, 0.4) is 0 Å². The SMILES string of the molecule is CNC(=O)c1ccc(N)cc1Oc1ccc(Cl)cc1Br. The normalized spacial score (nSPS) is 10.2. The summed E-state index contributed by atoms with van der Waals surface area (Å²) < 4.78 is 6.44. The Labute approximate surface area is 130 Å². The van der Waals surface area contributed by atoms with Gasteiger partial charge >= 0.3 is 0 Å². The van der Waals surface area contributed by atoms with Crippen molar-refractivity contribution < 1.29 is 9.53 Å². The van der Waals surface area contributed by atoms with Crippen LogP contribution in [0.1, 0.15) is 10.4 Å². The van der Waals surface area contributed by atoms with Gasteiger partial charge in [0, 0.05) is 23.8 Å². The number of hydrogen-bond acceptors (Lipinski definition) is 3. The molecular formula is C14H12BrClN2O2. The molecule has 0 unspecified atom stereocenters. The van der Waals surface area contributed by atoms with Gasteiger partial charge in [0.2, 0.25) is 0 Å². The number of nitrogens with one attached hydrogen (secondary N) is 1. The van der Waals surface area contributed by atoms with E-state index in [0.29, 0.717) is 32.2 Å². The lowest BCUT2D eigenvalue weighted by Crippen LogP contribution is -2.18. The highest BCUT2D eigenvalue weighted by molar-refractivity contribution is 9.10. The second kappa shape index (κ2) is 6.15. The third-order valence-electron chi connectivity index (χ3n) is 2.59. The van der Waals surface area contributed by atoms with Gasteiger partial charge in [0.15, 0.2) is 0 Å². The lowest BCUT2D eigenvalue weighted by Gasteiger charge is -2.12. The van der Waals surface area contributed by atoms with Gasteiger partial charge in [0.25, 0.3) is 5.91 Å². The van der Waals surface area contributed by atoms with Gasteiger partial charge < -0.3 is 15.8 Å². The van der Waals surface area contributed by atoms with Crippen LogP contribution in [-0.4, -0.2) is 13.0 Å². The van der Waals surface area contributed by atoms with Crippen LogP contribution in [-0.2, 0) is 0 Å². The molecule has 2 aromatic rings. The quantitative estimate of drug-likeness (QED) is 0.822. The molecule has 0 bridgehead atoms. The number of nitrogens with two attached hydrogens (primary N) is 1. The van der Waals surface area contributed by atoms with Crippen molar-refractivity contribution in [2.24, 2.45) is 0 Å². The predicted molar refractivity (Wildman–Crippen MR) is 83.5 cm³/mol. The number of carbonyl (C=O) groups is 1. The average molecular weight is 356 g/mol. The Morgan fingerprint density at radius 2 is 2.00 bits per heavy atom. The lowest BCUT2D eigenvalue weighted by molar-refractivity contribution is 0.0961. The zero-order chi connectivity index (χ0) is 14.7. The Bertz CT molecular complexity index is 662. The fraction of sp³-hybridized carbons (Fsp3) is 0.0714. The van der Waals surface area contributed by atoms with Gasteiger partial charge in [-0.3, -0.25) is 4.79 Å². The Kier molecular flexibility index (Phi) is 4.52. The van der Waals surface area contributed by atoms with Crippen LogP contribution in [0.5, 0.6) is 11.5 Å². The summed E-state index contributed by atoms with van der Waals surface area (Å²) >= 11 is 9.24. The van der Waals surface area contributed by atoms with Crippen molar-refractivity contribution in [2.45, 2.75) is 0 Å². The molecule has 0 saturated heterocycles. The van der Waals surface area contributed by atoms with Crippen molar-refractivity contribution in [3.8, 4) is 11.5 Å². The number of ether oxygens (including phenoxy) is 1. The highest BCUT2D eigenvalue weighted by Crippen LogP contribution is 2.34. The Balaban J connectivity index is 2.41. The Morgan fingerprint density at radius 3 is 2.65 bits per heavy atom. The largest absolute Gasteiger partial charge is 0.455 e. The highest BCUT2D eigenvalue weighted by Gasteiger charge is 2.13. The van der Waals surface area contributed by atoms with Crippen molar-refractivity contribution in [3.05, 3.63) is 51.5 Å². The fourth-order valence-corrected chi connectivity index (χ4v) is 2.39. The fourth-order valence-electron chi connectivity index (χ4n) is 1.62. The van der Waals surface area contributed by atoms with Crippen LogP contribution in [0.25, 0.3) is 0 Å². The summed E-state index contributed by atoms with van der Waals surface area (Å²) in [6.45, 7) is 0. The van der Waals surface area contributed by atoms with Gasteiger partial charge in [-0.1, -0.05) is 11.6 Å². The van der Waals surface area contributed by atoms with E-state index in [-0.39, 0.29) is 5.91 Å². The number of benzene rings is 2. The standard InChI is InChI=1S/C14H12BrClN2O2/c1-18-14(19)10-4-3-9(17)7-13(10)20-12-5-2-8(16)6-11(12)15/h2-7H,17H2,1H3,(H,18,19). The lowest BCUT2D eigenvalue weighted by atomic mass is 10.1. The molecule has 104 valence electrons. The van der Waals surface area contributed by atoms with Crippen LogP contribution >= 0.6 is 27.5 Å². The molecule has 2 rings (SSSR count). The van der Waals surface area contributed by atoms with Gasteiger partial charge in [-0.25, -0.2) is 0 Å². The minimum atomic E-state index is -0.245. The zero-order valence-electron chi connectivity index (χ0n) is 10.6. The molecule has 0 aliphatic carbocycles. The maximum atomic E-state index is 11.8. The number of amides is 1. The van der Waals surface area contributed by atoms with E-state index < -0.39 is 0 Å². The molecule has 20 heavy (non-hydrogen) atoms. The maximum Gasteiger partial charge on any atom is 0.254 e. The van der Waals surface area contributed by atoms with Crippen LogP contribution in [0.15, 0.2) is 40.9 Å². The number of rotatable bonds is 3. The van der Waals surface area contributed by atoms with Crippen LogP contribution in [0.4, 0.5) is 5.69 Å². The molecule has 0 fully saturated rings. The minimum absolute atomic E-state index is 0.245. The molecule has 0 radical (unpaired) electrons. The van der Waals surface area contributed by atoms with Crippen LogP contribution < -0.4 is 15.8 Å². The van der Waals surface area contributed by atoms with Gasteiger partial charge in [0.1, 0.15) is 11.5 Å². The molecule has 2 aromatic carbocycles. The molecule has 0 aliphatic rings. The number of hydrogen-bond donors (Lipinski definition) is 2. The maximum absolute atomic E-state index is 11.8. The summed E-state index contributed by atoms with van der Waals surface area (Å²) in [4.78, 5) is 11.8. The number of halogens is 2. The number of nitrogen functional groups attached to an aromatic ring is 1. The smallest absolute Gasteiger partial charge is 0.254 e. The summed E-state index contributed by atoms with van der Waals surface area (Å²) in [6.07, 6.45) is 0. The van der Waals surface area contributed by atoms with Gasteiger partial charge in [-0.05, 0) is 46.3 Å². The molecule has 0 heterocycles. The molecule has 3 N–H and O–H groups in total. The number of anilines is 1. The summed E-state index contributed by atoms with van der Waals surface area (Å²) in [7, 11) is 1.56. The Hall–Kier alpha value is -1.72. The first-order chi connectivity index (χ1) is 9.51. The van der Waals surface area contributed by atoms with E-state index in [1.165, 1.54) is 0 Å². The molecule has 4 nitrogen and oxygen atoms in total. The van der Waals surface area contributed by atoms with Gasteiger partial charge in [-0.15, -0.1) is 0 Å². The minimum Gasteiger partial charge on any atom is -0.455 e. The molecule has 0 spiro atoms. The molecular weight excluding hydrogens is 344 g/mol. The summed E-state index contributed by atoms with van der Waals surface area (Å²) in [5, 5.41) is 3.14. The van der Waals surface area contributed by atoms with Crippen LogP contribution in [0.2, 0.25) is 5.02 Å². The zero-order valence-corrected chi connectivity index (χ0v) is 13.0. The molecule has 6 heteroatoms. The topological polar surface area (TPSA) is 64.4 Å². The van der Waals surface area contributed by atoms with E-state index in [2.05, 4.69) is 21.2 Å². The van der Waals surface area contributed by atoms with Crippen molar-refractivity contribution in [2.75, 3.05) is 12.8 Å². The highest BCUT2D eigenvalue weighted by atomic mass is 79.9. The first-order valence-electron chi connectivity index (χ1n) is 5.76. The van der Waals surface area contributed by atoms with E-state index in [4.69, 9.17) is 22.1 Å². The number of carbonyl (C=O) groups excluding carboxylic acids is 1. The molecule has 1 amide bonds. The summed E-state index contributed by atoms with van der Waals surface area (Å²) in [5.74, 6) is 0.683. The van der Waals surface area contributed by atoms with E-state index >= 15 is 0 Å². The van der Waals surface area contributed by atoms with E-state index in [9.17, 15) is 4.79 Å². The Morgan fingerprint density at radius 1 is 1.25 bits per heavy atom. The van der Waals surface area contributed by atoms with Gasteiger partial charge in [0.05, 0.1) is 10.0 Å². The first-order valence-corrected chi connectivity index (χ1v) is 6.93. The third kappa shape index (κ3) is 3.23. The average Bonchev–Trinajstić information content (AvgIpc) is 2.41. The van der Waals surface area contributed by atoms with Crippen molar-refractivity contribution >= 4 is 39.1 Å². The van der Waals surface area contributed by atoms with Crippen molar-refractivity contribution in [3.63, 3.8) is 0 Å². The van der Waals surface area contributed by atoms with Crippen molar-refractivity contribution in [1.82, 2.24) is 5.32 Å². The molecule has 0 aromatic heterocycles. The molecule has 0 saturated carbocycles. The second-order valence-corrected chi connectivity index (χ2v) is 5.30. The van der Waals surface area contributed by atoms with Gasteiger partial charge in [-0.2, -0.15) is 0 Å². The third-order valence-corrected chi connectivity index (χ3v) is 3.45. The van der Waals surface area contributed by atoms with Crippen molar-refractivity contribution in [1.29, 1.82) is 0 Å². The molecule has 0 atom stereocenters. The van der Waals surface area contributed by atoms with E-state index in [1.807, 2.05) is 0 Å². The second-order valence-electron chi connectivity index (χ2n) is 4.01. The predicted octanol–water partition coefficient (Wildman–Crippen LogP) is 3.84. The van der Waals surface area contributed by atoms with E-state index in [0.717, 1.165) is 0 Å².